The van der Waals surface area contributed by atoms with E-state index in [0.717, 1.165) is 45.2 Å². The molecule has 1 aromatic carbocycles. The molecule has 1 fully saturated rings. The van der Waals surface area contributed by atoms with E-state index in [1.807, 2.05) is 25.1 Å². The number of nitrogens with zero attached hydrogens (tertiary/aromatic N) is 2. The number of likely N-dealkylation sites (tertiary alicyclic amines) is 1. The minimum absolute atomic E-state index is 0.00500. The van der Waals surface area contributed by atoms with Crippen molar-refractivity contribution in [2.75, 3.05) is 18.4 Å². The summed E-state index contributed by atoms with van der Waals surface area (Å²) >= 11 is 0. The molecule has 0 spiro atoms. The predicted molar refractivity (Wildman–Crippen MR) is 109 cm³/mol. The van der Waals surface area contributed by atoms with Gasteiger partial charge in [-0.3, -0.25) is 9.69 Å². The van der Waals surface area contributed by atoms with Gasteiger partial charge in [0.15, 0.2) is 5.82 Å². The topological polar surface area (TPSA) is 67.6 Å². The van der Waals surface area contributed by atoms with Gasteiger partial charge < -0.3 is 14.6 Å². The van der Waals surface area contributed by atoms with Gasteiger partial charge in [-0.1, -0.05) is 55.3 Å². The molecular formula is C22H31N3O3. The molecule has 1 amide bonds. The number of piperidine rings is 1. The molecule has 2 heterocycles. The Kier molecular flexibility index (Phi) is 7.62. The standard InChI is InChI=1S/C22H31N3O3/c1-3-4-10-20(22(26)23-21-15-17(2)28-24-21)25-13-11-19(12-14-25)27-16-18-8-6-5-7-9-18/h5-9,15,19-20H,3-4,10-14,16H2,1-2H3,(H,23,24,26). The highest BCUT2D eigenvalue weighted by atomic mass is 16.5. The first-order chi connectivity index (χ1) is 13.7. The number of carbonyl (C=O) groups excluding carboxylic acids is 1. The zero-order chi connectivity index (χ0) is 19.8. The van der Waals surface area contributed by atoms with Crippen molar-refractivity contribution in [1.82, 2.24) is 10.1 Å². The molecule has 1 aliphatic heterocycles. The Labute approximate surface area is 167 Å². The van der Waals surface area contributed by atoms with Crippen LogP contribution in [0.5, 0.6) is 0 Å². The molecule has 1 aromatic heterocycles. The summed E-state index contributed by atoms with van der Waals surface area (Å²) in [6.07, 6.45) is 5.11. The quantitative estimate of drug-likeness (QED) is 0.702. The van der Waals surface area contributed by atoms with Gasteiger partial charge in [-0.2, -0.15) is 0 Å². The van der Waals surface area contributed by atoms with Gasteiger partial charge >= 0.3 is 0 Å². The molecule has 1 aliphatic rings. The Bertz CT molecular complexity index is 724. The molecule has 1 atom stereocenters. The third-order valence-corrected chi connectivity index (χ3v) is 5.26. The number of carbonyl (C=O) groups is 1. The maximum atomic E-state index is 12.9. The van der Waals surface area contributed by atoms with Crippen molar-refractivity contribution in [3.05, 3.63) is 47.7 Å². The van der Waals surface area contributed by atoms with Crippen LogP contribution < -0.4 is 5.32 Å². The Morgan fingerprint density at radius 3 is 2.71 bits per heavy atom. The highest BCUT2D eigenvalue weighted by Crippen LogP contribution is 2.21. The van der Waals surface area contributed by atoms with Crippen molar-refractivity contribution in [3.8, 4) is 0 Å². The van der Waals surface area contributed by atoms with Gasteiger partial charge in [0.05, 0.1) is 18.8 Å². The minimum atomic E-state index is -0.132. The number of benzene rings is 1. The minimum Gasteiger partial charge on any atom is -0.373 e. The van der Waals surface area contributed by atoms with Crippen molar-refractivity contribution in [2.45, 2.75) is 64.7 Å². The largest absolute Gasteiger partial charge is 0.373 e. The van der Waals surface area contributed by atoms with Crippen molar-refractivity contribution in [1.29, 1.82) is 0 Å². The molecule has 0 bridgehead atoms. The zero-order valence-corrected chi connectivity index (χ0v) is 16.9. The van der Waals surface area contributed by atoms with Crippen molar-refractivity contribution in [3.63, 3.8) is 0 Å². The lowest BCUT2D eigenvalue weighted by Crippen LogP contribution is -2.49. The second-order valence-corrected chi connectivity index (χ2v) is 7.50. The molecule has 1 saturated heterocycles. The summed E-state index contributed by atoms with van der Waals surface area (Å²) in [5.74, 6) is 1.19. The Morgan fingerprint density at radius 2 is 2.07 bits per heavy atom. The van der Waals surface area contributed by atoms with E-state index >= 15 is 0 Å². The van der Waals surface area contributed by atoms with Gasteiger partial charge in [0.2, 0.25) is 5.91 Å². The number of aromatic nitrogens is 1. The summed E-state index contributed by atoms with van der Waals surface area (Å²) < 4.78 is 11.1. The van der Waals surface area contributed by atoms with Crippen molar-refractivity contribution < 1.29 is 14.1 Å². The van der Waals surface area contributed by atoms with Crippen LogP contribution in [0.25, 0.3) is 0 Å². The molecule has 6 nitrogen and oxygen atoms in total. The average Bonchev–Trinajstić information content (AvgIpc) is 3.13. The second kappa shape index (κ2) is 10.4. The lowest BCUT2D eigenvalue weighted by molar-refractivity contribution is -0.123. The Hall–Kier alpha value is -2.18. The van der Waals surface area contributed by atoms with E-state index in [9.17, 15) is 4.79 Å². The van der Waals surface area contributed by atoms with Crippen LogP contribution in [0.2, 0.25) is 0 Å². The number of hydrogen-bond donors (Lipinski definition) is 1. The van der Waals surface area contributed by atoms with Crippen molar-refractivity contribution >= 4 is 11.7 Å². The fourth-order valence-corrected chi connectivity index (χ4v) is 3.65. The Morgan fingerprint density at radius 1 is 1.32 bits per heavy atom. The van der Waals surface area contributed by atoms with E-state index in [2.05, 4.69) is 34.4 Å². The normalized spacial score (nSPS) is 16.8. The summed E-state index contributed by atoms with van der Waals surface area (Å²) in [5, 5.41) is 6.79. The van der Waals surface area contributed by atoms with Crippen LogP contribution in [0.1, 0.15) is 50.4 Å². The van der Waals surface area contributed by atoms with Crippen LogP contribution in [0, 0.1) is 6.92 Å². The lowest BCUT2D eigenvalue weighted by atomic mass is 10.0. The van der Waals surface area contributed by atoms with Gasteiger partial charge in [-0.25, -0.2) is 0 Å². The van der Waals surface area contributed by atoms with Crippen LogP contribution in [0.3, 0.4) is 0 Å². The molecular weight excluding hydrogens is 354 g/mol. The number of aryl methyl sites for hydroxylation is 1. The fourth-order valence-electron chi connectivity index (χ4n) is 3.65. The zero-order valence-electron chi connectivity index (χ0n) is 16.9. The van der Waals surface area contributed by atoms with E-state index < -0.39 is 0 Å². The maximum absolute atomic E-state index is 12.9. The first-order valence-corrected chi connectivity index (χ1v) is 10.3. The molecule has 3 rings (SSSR count). The van der Waals surface area contributed by atoms with Gasteiger partial charge in [0.1, 0.15) is 5.76 Å². The highest BCUT2D eigenvalue weighted by Gasteiger charge is 2.30. The average molecular weight is 386 g/mol. The SMILES string of the molecule is CCCCC(C(=O)Nc1cc(C)on1)N1CCC(OCc2ccccc2)CC1. The van der Waals surface area contributed by atoms with E-state index in [4.69, 9.17) is 9.26 Å². The lowest BCUT2D eigenvalue weighted by Gasteiger charge is -2.36. The first kappa shape index (κ1) is 20.6. The molecule has 2 aromatic rings. The monoisotopic (exact) mass is 385 g/mol. The van der Waals surface area contributed by atoms with Crippen LogP contribution in [0.4, 0.5) is 5.82 Å². The number of unbranched alkanes of at least 4 members (excludes halogenated alkanes) is 1. The molecule has 0 aliphatic carbocycles. The predicted octanol–water partition coefficient (Wildman–Crippen LogP) is 4.16. The van der Waals surface area contributed by atoms with Gasteiger partial charge in [-0.05, 0) is 31.7 Å². The maximum Gasteiger partial charge on any atom is 0.242 e. The van der Waals surface area contributed by atoms with Crippen LogP contribution >= 0.6 is 0 Å². The number of hydrogen-bond acceptors (Lipinski definition) is 5. The van der Waals surface area contributed by atoms with Crippen LogP contribution in [-0.4, -0.2) is 41.2 Å². The molecule has 28 heavy (non-hydrogen) atoms. The van der Waals surface area contributed by atoms with E-state index in [1.54, 1.807) is 6.07 Å². The number of rotatable bonds is 9. The number of nitrogens with one attached hydrogen (secondary N) is 1. The van der Waals surface area contributed by atoms with E-state index in [-0.39, 0.29) is 18.1 Å². The van der Waals surface area contributed by atoms with Crippen LogP contribution in [0.15, 0.2) is 40.9 Å². The third-order valence-electron chi connectivity index (χ3n) is 5.26. The van der Waals surface area contributed by atoms with E-state index in [1.165, 1.54) is 5.56 Å². The second-order valence-electron chi connectivity index (χ2n) is 7.50. The summed E-state index contributed by atoms with van der Waals surface area (Å²) in [4.78, 5) is 15.1. The molecule has 1 N–H and O–H groups in total. The summed E-state index contributed by atoms with van der Waals surface area (Å²) in [6, 6.07) is 11.9. The number of anilines is 1. The number of amides is 1. The van der Waals surface area contributed by atoms with Crippen LogP contribution in [-0.2, 0) is 16.1 Å². The fraction of sp³-hybridized carbons (Fsp3) is 0.545. The molecule has 152 valence electrons. The van der Waals surface area contributed by atoms with Gasteiger partial charge in [0, 0.05) is 19.2 Å². The summed E-state index contributed by atoms with van der Waals surface area (Å²) in [6.45, 7) is 6.37. The summed E-state index contributed by atoms with van der Waals surface area (Å²) in [7, 11) is 0. The van der Waals surface area contributed by atoms with Gasteiger partial charge in [0.25, 0.3) is 0 Å². The van der Waals surface area contributed by atoms with Gasteiger partial charge in [-0.15, -0.1) is 0 Å². The van der Waals surface area contributed by atoms with Crippen molar-refractivity contribution in [2.24, 2.45) is 0 Å². The number of ether oxygens (including phenoxy) is 1. The third kappa shape index (κ3) is 5.91. The summed E-state index contributed by atoms with van der Waals surface area (Å²) in [5.41, 5.74) is 1.20. The molecule has 0 radical (unpaired) electrons. The smallest absolute Gasteiger partial charge is 0.242 e. The Balaban J connectivity index is 1.51. The molecule has 6 heteroatoms. The highest BCUT2D eigenvalue weighted by molar-refractivity contribution is 5.94. The van der Waals surface area contributed by atoms with E-state index in [0.29, 0.717) is 18.2 Å². The molecule has 0 saturated carbocycles. The first-order valence-electron chi connectivity index (χ1n) is 10.3. The molecule has 1 unspecified atom stereocenters.